The minimum Gasteiger partial charge on any atom is -0.507 e. The summed E-state index contributed by atoms with van der Waals surface area (Å²) in [7, 11) is 0. The molecule has 5 heteroatoms. The van der Waals surface area contributed by atoms with Crippen molar-refractivity contribution >= 4 is 16.8 Å². The number of carbonyl (C=O) groups excluding carboxylic acids is 1. The highest BCUT2D eigenvalue weighted by atomic mass is 16.3. The van der Waals surface area contributed by atoms with E-state index in [1.54, 1.807) is 24.4 Å². The molecule has 0 saturated heterocycles. The maximum Gasteiger partial charge on any atom is 0.198 e. The van der Waals surface area contributed by atoms with E-state index in [1.165, 1.54) is 6.07 Å². The third kappa shape index (κ3) is 2.36. The lowest BCUT2D eigenvalue weighted by Crippen LogP contribution is -2.00. The van der Waals surface area contributed by atoms with Crippen molar-refractivity contribution in [3.8, 4) is 17.3 Å². The van der Waals surface area contributed by atoms with Crippen LogP contribution >= 0.6 is 0 Å². The summed E-state index contributed by atoms with van der Waals surface area (Å²) in [6.07, 6.45) is 1.63. The van der Waals surface area contributed by atoms with Gasteiger partial charge in [0.05, 0.1) is 22.3 Å². The molecule has 0 aliphatic rings. The molecule has 118 valence electrons. The molecule has 0 aliphatic carbocycles. The Morgan fingerprint density at radius 3 is 2.79 bits per heavy atom. The molecule has 0 aliphatic heterocycles. The van der Waals surface area contributed by atoms with Crippen LogP contribution in [0.25, 0.3) is 22.6 Å². The highest BCUT2D eigenvalue weighted by molar-refractivity contribution is 6.11. The number of imidazole rings is 1. The summed E-state index contributed by atoms with van der Waals surface area (Å²) in [6, 6.07) is 14.5. The number of hydrogen-bond acceptors (Lipinski definition) is 3. The van der Waals surface area contributed by atoms with Gasteiger partial charge in [-0.25, -0.2) is 4.98 Å². The lowest BCUT2D eigenvalue weighted by atomic mass is 10.0. The number of carbonyl (C=O) groups is 1. The summed E-state index contributed by atoms with van der Waals surface area (Å²) in [5, 5.41) is 9.94. The Morgan fingerprint density at radius 2 is 1.96 bits per heavy atom. The van der Waals surface area contributed by atoms with E-state index in [-0.39, 0.29) is 11.5 Å². The molecular formula is C19H15N3O2. The lowest BCUT2D eigenvalue weighted by Gasteiger charge is -2.03. The zero-order valence-corrected chi connectivity index (χ0v) is 13.0. The monoisotopic (exact) mass is 317 g/mol. The number of fused-ring (bicyclic) bond motifs is 1. The van der Waals surface area contributed by atoms with Crippen LogP contribution in [0.4, 0.5) is 0 Å². The van der Waals surface area contributed by atoms with E-state index < -0.39 is 0 Å². The van der Waals surface area contributed by atoms with Crippen molar-refractivity contribution in [2.24, 2.45) is 0 Å². The molecule has 4 rings (SSSR count). The number of phenols is 1. The largest absolute Gasteiger partial charge is 0.507 e. The van der Waals surface area contributed by atoms with E-state index in [2.05, 4.69) is 15.0 Å². The normalized spacial score (nSPS) is 11.0. The standard InChI is InChI=1S/C19H15N3O2/c1-11-6-7-17(23)13(8-11)18(24)12-9-16(20-10-12)19-21-14-4-2-3-5-15(14)22-19/h2-10,20,23H,1H3,(H,21,22). The molecule has 5 nitrogen and oxygen atoms in total. The summed E-state index contributed by atoms with van der Waals surface area (Å²) in [5.41, 5.74) is 4.22. The van der Waals surface area contributed by atoms with Crippen LogP contribution in [0.5, 0.6) is 5.75 Å². The first kappa shape index (κ1) is 14.3. The predicted octanol–water partition coefficient (Wildman–Crippen LogP) is 3.80. The van der Waals surface area contributed by atoms with Gasteiger partial charge in [0.15, 0.2) is 11.6 Å². The molecule has 0 unspecified atom stereocenters. The van der Waals surface area contributed by atoms with E-state index in [0.717, 1.165) is 22.3 Å². The van der Waals surface area contributed by atoms with Crippen molar-refractivity contribution in [3.63, 3.8) is 0 Å². The molecule has 24 heavy (non-hydrogen) atoms. The smallest absolute Gasteiger partial charge is 0.198 e. The molecule has 0 radical (unpaired) electrons. The molecule has 4 aromatic rings. The fraction of sp³-hybridized carbons (Fsp3) is 0.0526. The summed E-state index contributed by atoms with van der Waals surface area (Å²) in [4.78, 5) is 23.4. The maximum absolute atomic E-state index is 12.6. The Morgan fingerprint density at radius 1 is 1.12 bits per heavy atom. The van der Waals surface area contributed by atoms with Gasteiger partial charge in [-0.3, -0.25) is 4.79 Å². The second-order valence-corrected chi connectivity index (χ2v) is 5.75. The van der Waals surface area contributed by atoms with Crippen LogP contribution in [0.3, 0.4) is 0 Å². The van der Waals surface area contributed by atoms with E-state index >= 15 is 0 Å². The number of para-hydroxylation sites is 2. The number of hydrogen-bond donors (Lipinski definition) is 3. The number of ketones is 1. The Hall–Kier alpha value is -3.34. The van der Waals surface area contributed by atoms with Gasteiger partial charge in [0, 0.05) is 11.8 Å². The molecule has 2 aromatic carbocycles. The number of nitrogens with one attached hydrogen (secondary N) is 2. The van der Waals surface area contributed by atoms with E-state index in [9.17, 15) is 9.90 Å². The van der Waals surface area contributed by atoms with Crippen LogP contribution in [0.1, 0.15) is 21.5 Å². The van der Waals surface area contributed by atoms with Gasteiger partial charge in [0.1, 0.15) is 5.75 Å². The highest BCUT2D eigenvalue weighted by Crippen LogP contribution is 2.25. The van der Waals surface area contributed by atoms with E-state index in [0.29, 0.717) is 17.0 Å². The van der Waals surface area contributed by atoms with E-state index in [1.807, 2.05) is 31.2 Å². The van der Waals surface area contributed by atoms with Crippen molar-refractivity contribution in [3.05, 3.63) is 71.4 Å². The summed E-state index contributed by atoms with van der Waals surface area (Å²) >= 11 is 0. The Kier molecular flexibility index (Phi) is 3.20. The fourth-order valence-electron chi connectivity index (χ4n) is 2.73. The summed E-state index contributed by atoms with van der Waals surface area (Å²) in [6.45, 7) is 1.88. The van der Waals surface area contributed by atoms with Crippen molar-refractivity contribution in [2.45, 2.75) is 6.92 Å². The average Bonchev–Trinajstić information content (AvgIpc) is 3.22. The first-order valence-corrected chi connectivity index (χ1v) is 7.60. The van der Waals surface area contributed by atoms with E-state index in [4.69, 9.17) is 0 Å². The number of aromatic nitrogens is 3. The molecule has 2 heterocycles. The van der Waals surface area contributed by atoms with Crippen LogP contribution in [0, 0.1) is 6.92 Å². The molecule has 2 aromatic heterocycles. The molecular weight excluding hydrogens is 302 g/mol. The minimum absolute atomic E-state index is 0.0166. The van der Waals surface area contributed by atoms with Gasteiger partial charge in [0.25, 0.3) is 0 Å². The van der Waals surface area contributed by atoms with Gasteiger partial charge < -0.3 is 15.1 Å². The summed E-state index contributed by atoms with van der Waals surface area (Å²) in [5.74, 6) is 0.426. The second kappa shape index (κ2) is 5.38. The topological polar surface area (TPSA) is 81.8 Å². The molecule has 0 amide bonds. The third-order valence-corrected chi connectivity index (χ3v) is 3.99. The molecule has 0 fully saturated rings. The van der Waals surface area contributed by atoms with Crippen LogP contribution < -0.4 is 0 Å². The minimum atomic E-state index is -0.227. The van der Waals surface area contributed by atoms with Crippen LogP contribution in [0.2, 0.25) is 0 Å². The molecule has 3 N–H and O–H groups in total. The van der Waals surface area contributed by atoms with Gasteiger partial charge in [-0.1, -0.05) is 23.8 Å². The van der Waals surface area contributed by atoms with Gasteiger partial charge >= 0.3 is 0 Å². The quantitative estimate of drug-likeness (QED) is 0.503. The Bertz CT molecular complexity index is 1030. The zero-order chi connectivity index (χ0) is 16.7. The van der Waals surface area contributed by atoms with Crippen molar-refractivity contribution in [1.82, 2.24) is 15.0 Å². The van der Waals surface area contributed by atoms with Crippen LogP contribution in [0.15, 0.2) is 54.7 Å². The Balaban J connectivity index is 1.71. The molecule has 0 saturated carbocycles. The Labute approximate surface area is 138 Å². The highest BCUT2D eigenvalue weighted by Gasteiger charge is 2.16. The van der Waals surface area contributed by atoms with Crippen molar-refractivity contribution in [1.29, 1.82) is 0 Å². The van der Waals surface area contributed by atoms with Crippen LogP contribution in [-0.4, -0.2) is 25.8 Å². The molecule has 0 atom stereocenters. The third-order valence-electron chi connectivity index (χ3n) is 3.99. The number of benzene rings is 2. The first-order chi connectivity index (χ1) is 11.6. The van der Waals surface area contributed by atoms with Gasteiger partial charge in [-0.05, 0) is 37.3 Å². The number of phenolic OH excluding ortho intramolecular Hbond substituents is 1. The van der Waals surface area contributed by atoms with Crippen molar-refractivity contribution in [2.75, 3.05) is 0 Å². The number of aromatic hydroxyl groups is 1. The summed E-state index contributed by atoms with van der Waals surface area (Å²) < 4.78 is 0. The van der Waals surface area contributed by atoms with Crippen LogP contribution in [-0.2, 0) is 0 Å². The fourth-order valence-corrected chi connectivity index (χ4v) is 2.73. The average molecular weight is 317 g/mol. The second-order valence-electron chi connectivity index (χ2n) is 5.75. The van der Waals surface area contributed by atoms with Gasteiger partial charge in [0.2, 0.25) is 0 Å². The number of rotatable bonds is 3. The number of aryl methyl sites for hydroxylation is 1. The predicted molar refractivity (Wildman–Crippen MR) is 92.2 cm³/mol. The lowest BCUT2D eigenvalue weighted by molar-refractivity contribution is 0.103. The van der Waals surface area contributed by atoms with Gasteiger partial charge in [-0.2, -0.15) is 0 Å². The number of aromatic amines is 2. The number of nitrogens with zero attached hydrogens (tertiary/aromatic N) is 1. The van der Waals surface area contributed by atoms with Gasteiger partial charge in [-0.15, -0.1) is 0 Å². The van der Waals surface area contributed by atoms with Crippen molar-refractivity contribution < 1.29 is 9.90 Å². The maximum atomic E-state index is 12.6. The molecule has 0 spiro atoms. The first-order valence-electron chi connectivity index (χ1n) is 7.60. The zero-order valence-electron chi connectivity index (χ0n) is 13.0. The molecule has 0 bridgehead atoms. The SMILES string of the molecule is Cc1ccc(O)c(C(=O)c2c[nH]c(-c3nc4ccccc4[nH]3)c2)c1. The number of H-pyrrole nitrogens is 2.